The molecule has 2 aliphatic rings. The van der Waals surface area contributed by atoms with Crippen molar-refractivity contribution in [2.45, 2.75) is 12.8 Å². The van der Waals surface area contributed by atoms with E-state index in [0.29, 0.717) is 41.7 Å². The van der Waals surface area contributed by atoms with Crippen LogP contribution in [0.15, 0.2) is 18.2 Å². The van der Waals surface area contributed by atoms with Gasteiger partial charge in [-0.15, -0.1) is 0 Å². The highest BCUT2D eigenvalue weighted by Crippen LogP contribution is 2.45. The lowest BCUT2D eigenvalue weighted by Crippen LogP contribution is -2.14. The number of benzene rings is 2. The van der Waals surface area contributed by atoms with Crippen LogP contribution in [0.3, 0.4) is 0 Å². The van der Waals surface area contributed by atoms with Gasteiger partial charge in [0.05, 0.1) is 40.2 Å². The molecule has 2 aliphatic heterocycles. The molecule has 0 aromatic heterocycles. The summed E-state index contributed by atoms with van der Waals surface area (Å²) in [7, 11) is 4.55. The second kappa shape index (κ2) is 6.90. The summed E-state index contributed by atoms with van der Waals surface area (Å²) in [5.41, 5.74) is 3.11. The summed E-state index contributed by atoms with van der Waals surface area (Å²) in [6.07, 6.45) is 1.54. The Balaban J connectivity index is 1.72. The average Bonchev–Trinajstić information content (AvgIpc) is 3.35. The zero-order valence-corrected chi connectivity index (χ0v) is 15.5. The van der Waals surface area contributed by atoms with Gasteiger partial charge in [-0.2, -0.15) is 0 Å². The van der Waals surface area contributed by atoms with Gasteiger partial charge in [0.25, 0.3) is 5.91 Å². The van der Waals surface area contributed by atoms with E-state index in [9.17, 15) is 4.79 Å². The number of anilines is 1. The average molecular weight is 371 g/mol. The van der Waals surface area contributed by atoms with E-state index in [1.54, 1.807) is 12.1 Å². The van der Waals surface area contributed by atoms with Gasteiger partial charge in [-0.25, -0.2) is 0 Å². The van der Waals surface area contributed by atoms with Crippen LogP contribution in [0, 0.1) is 0 Å². The molecule has 0 spiro atoms. The van der Waals surface area contributed by atoms with E-state index in [2.05, 4.69) is 5.32 Å². The van der Waals surface area contributed by atoms with E-state index >= 15 is 0 Å². The smallest absolute Gasteiger partial charge is 0.256 e. The van der Waals surface area contributed by atoms with Gasteiger partial charge >= 0.3 is 0 Å². The Kier molecular flexibility index (Phi) is 4.43. The van der Waals surface area contributed by atoms with Crippen LogP contribution in [0.2, 0.25) is 0 Å². The van der Waals surface area contributed by atoms with Crippen molar-refractivity contribution in [1.29, 1.82) is 0 Å². The molecule has 0 saturated carbocycles. The Morgan fingerprint density at radius 2 is 1.67 bits per heavy atom. The minimum Gasteiger partial charge on any atom is -0.493 e. The molecule has 27 heavy (non-hydrogen) atoms. The highest BCUT2D eigenvalue weighted by Gasteiger charge is 2.28. The molecule has 7 nitrogen and oxygen atoms in total. The fourth-order valence-corrected chi connectivity index (χ4v) is 3.52. The van der Waals surface area contributed by atoms with Crippen molar-refractivity contribution in [3.8, 4) is 28.7 Å². The number of carbonyl (C=O) groups is 1. The summed E-state index contributed by atoms with van der Waals surface area (Å²) in [6.45, 7) is 1.20. The van der Waals surface area contributed by atoms with E-state index in [1.807, 2.05) is 6.07 Å². The van der Waals surface area contributed by atoms with Crippen LogP contribution >= 0.6 is 0 Å². The number of nitrogens with one attached hydrogen (secondary N) is 1. The predicted molar refractivity (Wildman–Crippen MR) is 98.9 cm³/mol. The van der Waals surface area contributed by atoms with E-state index in [1.165, 1.54) is 21.3 Å². The molecule has 0 bridgehead atoms. The number of rotatable bonds is 5. The van der Waals surface area contributed by atoms with Crippen molar-refractivity contribution in [1.82, 2.24) is 0 Å². The Morgan fingerprint density at radius 1 is 0.963 bits per heavy atom. The molecule has 7 heteroatoms. The molecule has 2 aromatic carbocycles. The van der Waals surface area contributed by atoms with Gasteiger partial charge in [-0.3, -0.25) is 4.79 Å². The van der Waals surface area contributed by atoms with E-state index in [-0.39, 0.29) is 5.91 Å². The van der Waals surface area contributed by atoms with Gasteiger partial charge in [0.2, 0.25) is 5.75 Å². The van der Waals surface area contributed by atoms with Crippen molar-refractivity contribution >= 4 is 11.6 Å². The third kappa shape index (κ3) is 2.89. The zero-order chi connectivity index (χ0) is 19.0. The van der Waals surface area contributed by atoms with Gasteiger partial charge in [-0.05, 0) is 18.2 Å². The van der Waals surface area contributed by atoms with Crippen LogP contribution in [0.25, 0.3) is 0 Å². The molecule has 0 unspecified atom stereocenters. The molecule has 0 saturated heterocycles. The standard InChI is InChI=1S/C20H21NO6/c1-23-15-9-12(10-16(24-2)19(15)25-3)20(22)21-17-13-5-7-26-14(13)8-11-4-6-27-18(11)17/h8-10H,4-7H2,1-3H3,(H,21,22). The lowest BCUT2D eigenvalue weighted by atomic mass is 10.0. The lowest BCUT2D eigenvalue weighted by Gasteiger charge is -2.16. The van der Waals surface area contributed by atoms with Gasteiger partial charge in [0, 0.05) is 29.5 Å². The minimum atomic E-state index is -0.285. The maximum absolute atomic E-state index is 13.0. The molecular formula is C20H21NO6. The Hall–Kier alpha value is -3.09. The first kappa shape index (κ1) is 17.3. The first-order valence-electron chi connectivity index (χ1n) is 8.72. The second-order valence-corrected chi connectivity index (χ2v) is 6.28. The summed E-state index contributed by atoms with van der Waals surface area (Å²) in [4.78, 5) is 13.0. The first-order valence-corrected chi connectivity index (χ1v) is 8.72. The summed E-state index contributed by atoms with van der Waals surface area (Å²) >= 11 is 0. The molecule has 0 atom stereocenters. The molecule has 0 fully saturated rings. The van der Waals surface area contributed by atoms with Gasteiger partial charge < -0.3 is 29.0 Å². The number of ether oxygens (including phenoxy) is 5. The van der Waals surface area contributed by atoms with Crippen LogP contribution in [-0.4, -0.2) is 40.5 Å². The quantitative estimate of drug-likeness (QED) is 0.871. The van der Waals surface area contributed by atoms with Gasteiger partial charge in [0.15, 0.2) is 11.5 Å². The van der Waals surface area contributed by atoms with E-state index < -0.39 is 0 Å². The molecule has 1 amide bonds. The van der Waals surface area contributed by atoms with Crippen LogP contribution < -0.4 is 29.0 Å². The largest absolute Gasteiger partial charge is 0.493 e. The van der Waals surface area contributed by atoms with Crippen LogP contribution in [0.4, 0.5) is 5.69 Å². The number of hydrogen-bond acceptors (Lipinski definition) is 6. The monoisotopic (exact) mass is 371 g/mol. The molecule has 142 valence electrons. The van der Waals surface area contributed by atoms with Crippen molar-refractivity contribution in [3.63, 3.8) is 0 Å². The van der Waals surface area contributed by atoms with Gasteiger partial charge in [-0.1, -0.05) is 0 Å². The van der Waals surface area contributed by atoms with E-state index in [0.717, 1.165) is 35.5 Å². The van der Waals surface area contributed by atoms with Crippen molar-refractivity contribution in [2.24, 2.45) is 0 Å². The molecule has 2 aromatic rings. The molecule has 0 aliphatic carbocycles. The van der Waals surface area contributed by atoms with Gasteiger partial charge in [0.1, 0.15) is 11.5 Å². The molecule has 1 N–H and O–H groups in total. The molecule has 2 heterocycles. The Labute approximate surface area is 157 Å². The van der Waals surface area contributed by atoms with Crippen LogP contribution in [-0.2, 0) is 12.8 Å². The lowest BCUT2D eigenvalue weighted by molar-refractivity contribution is 0.102. The van der Waals surface area contributed by atoms with Crippen LogP contribution in [0.5, 0.6) is 28.7 Å². The minimum absolute atomic E-state index is 0.285. The number of carbonyl (C=O) groups excluding carboxylic acids is 1. The molecule has 4 rings (SSSR count). The first-order chi connectivity index (χ1) is 13.2. The van der Waals surface area contributed by atoms with E-state index in [4.69, 9.17) is 23.7 Å². The summed E-state index contributed by atoms with van der Waals surface area (Å²) in [6, 6.07) is 5.26. The highest BCUT2D eigenvalue weighted by molar-refractivity contribution is 6.06. The second-order valence-electron chi connectivity index (χ2n) is 6.28. The predicted octanol–water partition coefficient (Wildman–Crippen LogP) is 2.83. The topological polar surface area (TPSA) is 75.3 Å². The summed E-state index contributed by atoms with van der Waals surface area (Å²) in [5, 5.41) is 3.00. The fraction of sp³-hybridized carbons (Fsp3) is 0.350. The number of hydrogen-bond donors (Lipinski definition) is 1. The maximum atomic E-state index is 13.0. The van der Waals surface area contributed by atoms with Crippen LogP contribution in [0.1, 0.15) is 21.5 Å². The third-order valence-corrected chi connectivity index (χ3v) is 4.82. The zero-order valence-electron chi connectivity index (χ0n) is 15.5. The fourth-order valence-electron chi connectivity index (χ4n) is 3.52. The SMILES string of the molecule is COc1cc(C(=O)Nc2c3c(cc4c2OCC4)OCC3)cc(OC)c1OC. The Morgan fingerprint density at radius 3 is 2.33 bits per heavy atom. The normalized spacial score (nSPS) is 13.9. The van der Waals surface area contributed by atoms with Crippen molar-refractivity contribution in [2.75, 3.05) is 39.9 Å². The number of methoxy groups -OCH3 is 3. The molecule has 0 radical (unpaired) electrons. The highest BCUT2D eigenvalue weighted by atomic mass is 16.5. The summed E-state index contributed by atoms with van der Waals surface area (Å²) in [5.74, 6) is 2.55. The number of fused-ring (bicyclic) bond motifs is 2. The summed E-state index contributed by atoms with van der Waals surface area (Å²) < 4.78 is 27.5. The number of amides is 1. The Bertz CT molecular complexity index is 851. The maximum Gasteiger partial charge on any atom is 0.256 e. The third-order valence-electron chi connectivity index (χ3n) is 4.82. The van der Waals surface area contributed by atoms with Crippen molar-refractivity contribution < 1.29 is 28.5 Å². The molecular weight excluding hydrogens is 350 g/mol. The van der Waals surface area contributed by atoms with Crippen molar-refractivity contribution in [3.05, 3.63) is 34.9 Å².